The van der Waals surface area contributed by atoms with E-state index in [9.17, 15) is 9.59 Å². The lowest BCUT2D eigenvalue weighted by molar-refractivity contribution is -0.134. The summed E-state index contributed by atoms with van der Waals surface area (Å²) >= 11 is 0. The van der Waals surface area contributed by atoms with Crippen molar-refractivity contribution in [2.45, 2.75) is 64.5 Å². The Hall–Kier alpha value is -2.04. The first-order chi connectivity index (χ1) is 12.4. The number of rotatable bonds is 6. The maximum Gasteiger partial charge on any atom is 0.260 e. The highest BCUT2D eigenvalue weighted by molar-refractivity contribution is 5.82. The van der Waals surface area contributed by atoms with Crippen LogP contribution < -0.4 is 10.1 Å². The van der Waals surface area contributed by atoms with E-state index < -0.39 is 6.10 Å². The van der Waals surface area contributed by atoms with Crippen molar-refractivity contribution in [3.05, 3.63) is 29.8 Å². The Morgan fingerprint density at radius 1 is 1.04 bits per heavy atom. The minimum atomic E-state index is -0.536. The van der Waals surface area contributed by atoms with Gasteiger partial charge in [-0.15, -0.1) is 0 Å². The van der Waals surface area contributed by atoms with Crippen LogP contribution in [0, 0.1) is 5.92 Å². The molecule has 3 rings (SSSR count). The first-order valence-corrected chi connectivity index (χ1v) is 9.80. The van der Waals surface area contributed by atoms with Gasteiger partial charge in [-0.05, 0) is 56.2 Å². The summed E-state index contributed by atoms with van der Waals surface area (Å²) in [6.45, 7) is 7.56. The Labute approximate surface area is 156 Å². The second kappa shape index (κ2) is 8.11. The molecule has 1 heterocycles. The van der Waals surface area contributed by atoms with Crippen LogP contribution in [0.5, 0.6) is 5.75 Å². The third-order valence-electron chi connectivity index (χ3n) is 5.31. The molecule has 1 saturated heterocycles. The molecule has 1 aliphatic heterocycles. The van der Waals surface area contributed by atoms with Gasteiger partial charge in [0.05, 0.1) is 0 Å². The number of amides is 2. The number of hydrogen-bond donors (Lipinski definition) is 1. The van der Waals surface area contributed by atoms with Crippen LogP contribution in [0.15, 0.2) is 24.3 Å². The first-order valence-electron chi connectivity index (χ1n) is 9.80. The molecule has 0 radical (unpaired) electrons. The number of carbonyl (C=O) groups is 2. The molecule has 1 aromatic carbocycles. The van der Waals surface area contributed by atoms with Gasteiger partial charge in [0, 0.05) is 25.0 Å². The SMILES string of the molecule is CC(Oc1ccc(C(C)C)cc1)C(=O)NC1CCN(C(=O)C2CC2)CC1. The molecule has 1 aliphatic carbocycles. The Kier molecular flexibility index (Phi) is 5.84. The summed E-state index contributed by atoms with van der Waals surface area (Å²) in [6, 6.07) is 8.04. The molecule has 5 nitrogen and oxygen atoms in total. The van der Waals surface area contributed by atoms with Crippen molar-refractivity contribution in [1.29, 1.82) is 0 Å². The van der Waals surface area contributed by atoms with Crippen molar-refractivity contribution in [3.63, 3.8) is 0 Å². The van der Waals surface area contributed by atoms with E-state index in [1.165, 1.54) is 5.56 Å². The zero-order valence-electron chi connectivity index (χ0n) is 16.0. The molecule has 0 aromatic heterocycles. The largest absolute Gasteiger partial charge is 0.481 e. The molecular formula is C21H30N2O3. The van der Waals surface area contributed by atoms with E-state index in [0.717, 1.165) is 38.8 Å². The highest BCUT2D eigenvalue weighted by Gasteiger charge is 2.35. The molecular weight excluding hydrogens is 328 g/mol. The van der Waals surface area contributed by atoms with E-state index in [1.807, 2.05) is 29.2 Å². The second-order valence-corrected chi connectivity index (χ2v) is 7.87. The Morgan fingerprint density at radius 3 is 2.19 bits per heavy atom. The lowest BCUT2D eigenvalue weighted by Crippen LogP contribution is -2.49. The van der Waals surface area contributed by atoms with Gasteiger partial charge in [-0.25, -0.2) is 0 Å². The predicted octanol–water partition coefficient (Wildman–Crippen LogP) is 3.09. The zero-order valence-corrected chi connectivity index (χ0v) is 16.0. The average molecular weight is 358 g/mol. The van der Waals surface area contributed by atoms with Gasteiger partial charge in [0.15, 0.2) is 6.10 Å². The summed E-state index contributed by atoms with van der Waals surface area (Å²) in [6.07, 6.45) is 3.19. The number of ether oxygens (including phenoxy) is 1. The average Bonchev–Trinajstić information content (AvgIpc) is 3.47. The summed E-state index contributed by atoms with van der Waals surface area (Å²) in [4.78, 5) is 26.4. The lowest BCUT2D eigenvalue weighted by atomic mass is 10.0. The number of nitrogens with one attached hydrogen (secondary N) is 1. The normalized spacial score (nSPS) is 19.3. The molecule has 1 N–H and O–H groups in total. The highest BCUT2D eigenvalue weighted by Crippen LogP contribution is 2.31. The summed E-state index contributed by atoms with van der Waals surface area (Å²) in [5, 5.41) is 3.07. The van der Waals surface area contributed by atoms with Crippen LogP contribution in [-0.2, 0) is 9.59 Å². The second-order valence-electron chi connectivity index (χ2n) is 7.87. The molecule has 1 unspecified atom stereocenters. The van der Waals surface area contributed by atoms with Gasteiger partial charge in [0.2, 0.25) is 5.91 Å². The van der Waals surface area contributed by atoms with Gasteiger partial charge in [0.1, 0.15) is 5.75 Å². The molecule has 2 amide bonds. The molecule has 1 saturated carbocycles. The maximum absolute atomic E-state index is 12.4. The summed E-state index contributed by atoms with van der Waals surface area (Å²) in [5.41, 5.74) is 1.25. The number of likely N-dealkylation sites (tertiary alicyclic amines) is 1. The fraction of sp³-hybridized carbons (Fsp3) is 0.619. The van der Waals surface area contributed by atoms with Gasteiger partial charge in [-0.3, -0.25) is 9.59 Å². The number of benzene rings is 1. The predicted molar refractivity (Wildman–Crippen MR) is 101 cm³/mol. The molecule has 1 atom stereocenters. The van der Waals surface area contributed by atoms with E-state index in [1.54, 1.807) is 6.92 Å². The molecule has 26 heavy (non-hydrogen) atoms. The number of carbonyl (C=O) groups excluding carboxylic acids is 2. The molecule has 5 heteroatoms. The van der Waals surface area contributed by atoms with Gasteiger partial charge in [0.25, 0.3) is 5.91 Å². The Balaban J connectivity index is 1.43. The van der Waals surface area contributed by atoms with Crippen molar-refractivity contribution in [2.24, 2.45) is 5.92 Å². The highest BCUT2D eigenvalue weighted by atomic mass is 16.5. The van der Waals surface area contributed by atoms with E-state index in [0.29, 0.717) is 17.6 Å². The van der Waals surface area contributed by atoms with Gasteiger partial charge in [-0.1, -0.05) is 26.0 Å². The summed E-state index contributed by atoms with van der Waals surface area (Å²) in [7, 11) is 0. The molecule has 2 fully saturated rings. The fourth-order valence-electron chi connectivity index (χ4n) is 3.34. The van der Waals surface area contributed by atoms with Crippen molar-refractivity contribution in [1.82, 2.24) is 10.2 Å². The van der Waals surface area contributed by atoms with Crippen LogP contribution in [0.4, 0.5) is 0 Å². The van der Waals surface area contributed by atoms with Crippen molar-refractivity contribution in [2.75, 3.05) is 13.1 Å². The van der Waals surface area contributed by atoms with Crippen LogP contribution in [0.1, 0.15) is 57.9 Å². The van der Waals surface area contributed by atoms with Crippen LogP contribution in [0.2, 0.25) is 0 Å². The Bertz CT molecular complexity index is 629. The van der Waals surface area contributed by atoms with Crippen LogP contribution in [0.25, 0.3) is 0 Å². The summed E-state index contributed by atoms with van der Waals surface area (Å²) in [5.74, 6) is 1.67. The van der Waals surface area contributed by atoms with Crippen molar-refractivity contribution in [3.8, 4) is 5.75 Å². The standard InChI is InChI=1S/C21H30N2O3/c1-14(2)16-6-8-19(9-7-16)26-15(3)20(24)22-18-10-12-23(13-11-18)21(25)17-4-5-17/h6-9,14-15,17-18H,4-5,10-13H2,1-3H3,(H,22,24). The Morgan fingerprint density at radius 2 is 1.65 bits per heavy atom. The molecule has 142 valence electrons. The number of nitrogens with zero attached hydrogens (tertiary/aromatic N) is 1. The van der Waals surface area contributed by atoms with E-state index in [4.69, 9.17) is 4.74 Å². The minimum Gasteiger partial charge on any atom is -0.481 e. The third kappa shape index (κ3) is 4.77. The van der Waals surface area contributed by atoms with E-state index >= 15 is 0 Å². The van der Waals surface area contributed by atoms with E-state index in [-0.39, 0.29) is 17.9 Å². The van der Waals surface area contributed by atoms with Crippen LogP contribution in [0.3, 0.4) is 0 Å². The van der Waals surface area contributed by atoms with E-state index in [2.05, 4.69) is 19.2 Å². The number of piperidine rings is 1. The molecule has 2 aliphatic rings. The van der Waals surface area contributed by atoms with Crippen LogP contribution >= 0.6 is 0 Å². The topological polar surface area (TPSA) is 58.6 Å². The molecule has 1 aromatic rings. The monoisotopic (exact) mass is 358 g/mol. The molecule has 0 spiro atoms. The number of hydrogen-bond acceptors (Lipinski definition) is 3. The maximum atomic E-state index is 12.4. The molecule has 0 bridgehead atoms. The minimum absolute atomic E-state index is 0.0927. The van der Waals surface area contributed by atoms with Crippen molar-refractivity contribution < 1.29 is 14.3 Å². The summed E-state index contributed by atoms with van der Waals surface area (Å²) < 4.78 is 5.77. The quantitative estimate of drug-likeness (QED) is 0.850. The fourth-order valence-corrected chi connectivity index (χ4v) is 3.34. The first kappa shape index (κ1) is 18.7. The van der Waals surface area contributed by atoms with Gasteiger partial charge in [-0.2, -0.15) is 0 Å². The van der Waals surface area contributed by atoms with Gasteiger partial charge >= 0.3 is 0 Å². The van der Waals surface area contributed by atoms with Crippen molar-refractivity contribution >= 4 is 11.8 Å². The third-order valence-corrected chi connectivity index (χ3v) is 5.31. The van der Waals surface area contributed by atoms with Crippen LogP contribution in [-0.4, -0.2) is 41.9 Å². The zero-order chi connectivity index (χ0) is 18.7. The lowest BCUT2D eigenvalue weighted by Gasteiger charge is -2.33. The smallest absolute Gasteiger partial charge is 0.260 e. The van der Waals surface area contributed by atoms with Gasteiger partial charge < -0.3 is 15.0 Å².